The highest BCUT2D eigenvalue weighted by atomic mass is 79.9. The molecule has 0 spiro atoms. The monoisotopic (exact) mass is 527 g/mol. The molecule has 0 aliphatic rings. The van der Waals surface area contributed by atoms with Gasteiger partial charge in [-0.05, 0) is 55.0 Å². The molecular weight excluding hydrogens is 510 g/mol. The van der Waals surface area contributed by atoms with Gasteiger partial charge in [0.25, 0.3) is 11.8 Å². The number of esters is 1. The zero-order valence-corrected chi connectivity index (χ0v) is 19.8. The van der Waals surface area contributed by atoms with Crippen LogP contribution in [0.4, 0.5) is 0 Å². The Morgan fingerprint density at radius 2 is 1.85 bits per heavy atom. The minimum atomic E-state index is -0.532. The van der Waals surface area contributed by atoms with Crippen molar-refractivity contribution in [3.05, 3.63) is 98.5 Å². The van der Waals surface area contributed by atoms with Crippen molar-refractivity contribution in [2.75, 3.05) is 6.54 Å². The molecule has 0 atom stereocenters. The predicted molar refractivity (Wildman–Crippen MR) is 130 cm³/mol. The average Bonchev–Trinajstić information content (AvgIpc) is 2.79. The summed E-state index contributed by atoms with van der Waals surface area (Å²) in [5.74, 6) is -1.19. The number of halogens is 2. The normalized spacial score (nSPS) is 10.6. The van der Waals surface area contributed by atoms with Crippen LogP contribution in [0.3, 0.4) is 0 Å². The standard InChI is InChI=1S/C24H19BrClN3O4/c1-15-5-2-3-8-20(15)24(32)33-21-10-9-18(25)11-17(21)13-28-29-22(30)14-27-23(31)16-6-4-7-19(26)12-16/h2-13H,14H2,1H3,(H,27,31)(H,29,30). The van der Waals surface area contributed by atoms with Crippen LogP contribution in [0, 0.1) is 6.92 Å². The number of rotatable bonds is 7. The first-order valence-corrected chi connectivity index (χ1v) is 10.9. The fourth-order valence-electron chi connectivity index (χ4n) is 2.78. The minimum absolute atomic E-state index is 0.277. The number of hydrogen-bond acceptors (Lipinski definition) is 5. The molecule has 0 aliphatic carbocycles. The number of amides is 2. The number of nitrogens with zero attached hydrogens (tertiary/aromatic N) is 1. The Hall–Kier alpha value is -3.49. The van der Waals surface area contributed by atoms with Gasteiger partial charge in [-0.1, -0.05) is 51.8 Å². The Morgan fingerprint density at radius 1 is 1.06 bits per heavy atom. The molecule has 0 heterocycles. The van der Waals surface area contributed by atoms with E-state index in [2.05, 4.69) is 31.8 Å². The summed E-state index contributed by atoms with van der Waals surface area (Å²) >= 11 is 9.22. The van der Waals surface area contributed by atoms with E-state index in [0.29, 0.717) is 21.7 Å². The first-order valence-electron chi connectivity index (χ1n) is 9.76. The second-order valence-electron chi connectivity index (χ2n) is 6.87. The summed E-state index contributed by atoms with van der Waals surface area (Å²) in [5, 5.41) is 6.80. The summed E-state index contributed by atoms with van der Waals surface area (Å²) in [6, 6.07) is 18.5. The summed E-state index contributed by atoms with van der Waals surface area (Å²) < 4.78 is 6.27. The van der Waals surface area contributed by atoms with Crippen molar-refractivity contribution in [3.63, 3.8) is 0 Å². The summed E-state index contributed by atoms with van der Waals surface area (Å²) in [7, 11) is 0. The Morgan fingerprint density at radius 3 is 2.61 bits per heavy atom. The highest BCUT2D eigenvalue weighted by Gasteiger charge is 2.13. The van der Waals surface area contributed by atoms with Gasteiger partial charge in [0.1, 0.15) is 5.75 Å². The van der Waals surface area contributed by atoms with Crippen LogP contribution in [-0.4, -0.2) is 30.5 Å². The minimum Gasteiger partial charge on any atom is -0.422 e. The van der Waals surface area contributed by atoms with E-state index in [1.54, 1.807) is 48.5 Å². The molecule has 0 saturated carbocycles. The molecule has 7 nitrogen and oxygen atoms in total. The van der Waals surface area contributed by atoms with E-state index >= 15 is 0 Å². The maximum absolute atomic E-state index is 12.5. The van der Waals surface area contributed by atoms with E-state index in [0.717, 1.165) is 10.0 Å². The molecule has 0 aliphatic heterocycles. The summed E-state index contributed by atoms with van der Waals surface area (Å²) in [4.78, 5) is 36.7. The molecule has 0 aromatic heterocycles. The van der Waals surface area contributed by atoms with Gasteiger partial charge < -0.3 is 10.1 Å². The molecule has 168 valence electrons. The third kappa shape index (κ3) is 7.00. The molecule has 0 fully saturated rings. The number of carbonyl (C=O) groups excluding carboxylic acids is 3. The van der Waals surface area contributed by atoms with Crippen LogP contribution < -0.4 is 15.5 Å². The Kier molecular flexibility index (Phi) is 8.34. The van der Waals surface area contributed by atoms with Crippen molar-refractivity contribution in [1.82, 2.24) is 10.7 Å². The van der Waals surface area contributed by atoms with Gasteiger partial charge >= 0.3 is 5.97 Å². The third-order valence-electron chi connectivity index (χ3n) is 4.43. The number of benzene rings is 3. The van der Waals surface area contributed by atoms with Gasteiger partial charge in [0.2, 0.25) is 0 Å². The second-order valence-corrected chi connectivity index (χ2v) is 8.22. The number of ether oxygens (including phenoxy) is 1. The molecular formula is C24H19BrClN3O4. The molecule has 0 unspecified atom stereocenters. The zero-order chi connectivity index (χ0) is 23.8. The molecule has 3 aromatic rings. The van der Waals surface area contributed by atoms with Crippen LogP contribution >= 0.6 is 27.5 Å². The van der Waals surface area contributed by atoms with Crippen LogP contribution in [0.5, 0.6) is 5.75 Å². The van der Waals surface area contributed by atoms with Crippen LogP contribution in [0.15, 0.2) is 76.3 Å². The van der Waals surface area contributed by atoms with Crippen LogP contribution in [0.1, 0.15) is 31.8 Å². The number of hydrazone groups is 1. The van der Waals surface area contributed by atoms with Crippen molar-refractivity contribution in [3.8, 4) is 5.75 Å². The van der Waals surface area contributed by atoms with Gasteiger partial charge in [0.15, 0.2) is 0 Å². The summed E-state index contributed by atoms with van der Waals surface area (Å²) in [5.41, 5.74) is 4.38. The van der Waals surface area contributed by atoms with E-state index in [4.69, 9.17) is 16.3 Å². The third-order valence-corrected chi connectivity index (χ3v) is 5.16. The van der Waals surface area contributed by atoms with E-state index in [1.807, 2.05) is 19.1 Å². The summed E-state index contributed by atoms with van der Waals surface area (Å²) in [6.45, 7) is 1.54. The van der Waals surface area contributed by atoms with Gasteiger partial charge in [0.05, 0.1) is 18.3 Å². The smallest absolute Gasteiger partial charge is 0.343 e. The highest BCUT2D eigenvalue weighted by molar-refractivity contribution is 9.10. The SMILES string of the molecule is Cc1ccccc1C(=O)Oc1ccc(Br)cc1C=NNC(=O)CNC(=O)c1cccc(Cl)c1. The lowest BCUT2D eigenvalue weighted by molar-refractivity contribution is -0.120. The molecule has 3 rings (SSSR count). The van der Waals surface area contributed by atoms with Gasteiger partial charge in [-0.15, -0.1) is 0 Å². The predicted octanol–water partition coefficient (Wildman–Crippen LogP) is 4.51. The lowest BCUT2D eigenvalue weighted by atomic mass is 10.1. The molecule has 0 saturated heterocycles. The first kappa shape index (κ1) is 24.2. The van der Waals surface area contributed by atoms with Crippen molar-refractivity contribution >= 4 is 51.5 Å². The zero-order valence-electron chi connectivity index (χ0n) is 17.5. The quantitative estimate of drug-likeness (QED) is 0.204. The Labute approximate surface area is 203 Å². The average molecular weight is 529 g/mol. The molecule has 0 radical (unpaired) electrons. The van der Waals surface area contributed by atoms with Crippen molar-refractivity contribution in [2.24, 2.45) is 5.10 Å². The van der Waals surface area contributed by atoms with Crippen LogP contribution in [-0.2, 0) is 4.79 Å². The fraction of sp³-hybridized carbons (Fsp3) is 0.0833. The molecule has 2 N–H and O–H groups in total. The fourth-order valence-corrected chi connectivity index (χ4v) is 3.34. The summed E-state index contributed by atoms with van der Waals surface area (Å²) in [6.07, 6.45) is 1.35. The maximum atomic E-state index is 12.5. The van der Waals surface area contributed by atoms with Gasteiger partial charge in [0, 0.05) is 20.6 Å². The molecule has 33 heavy (non-hydrogen) atoms. The number of aryl methyl sites for hydroxylation is 1. The van der Waals surface area contributed by atoms with Crippen LogP contribution in [0.25, 0.3) is 0 Å². The van der Waals surface area contributed by atoms with Gasteiger partial charge in [-0.3, -0.25) is 9.59 Å². The number of hydrogen-bond donors (Lipinski definition) is 2. The van der Waals surface area contributed by atoms with Crippen LogP contribution in [0.2, 0.25) is 5.02 Å². The van der Waals surface area contributed by atoms with E-state index < -0.39 is 17.8 Å². The maximum Gasteiger partial charge on any atom is 0.343 e. The van der Waals surface area contributed by atoms with E-state index in [-0.39, 0.29) is 12.3 Å². The van der Waals surface area contributed by atoms with Gasteiger partial charge in [-0.2, -0.15) is 5.10 Å². The lowest BCUT2D eigenvalue weighted by Crippen LogP contribution is -2.34. The molecule has 0 bridgehead atoms. The van der Waals surface area contributed by atoms with Gasteiger partial charge in [-0.25, -0.2) is 10.2 Å². The van der Waals surface area contributed by atoms with Crippen molar-refractivity contribution < 1.29 is 19.1 Å². The topological polar surface area (TPSA) is 96.9 Å². The second kappa shape index (κ2) is 11.4. The molecule has 9 heteroatoms. The Bertz CT molecular complexity index is 1230. The molecule has 3 aromatic carbocycles. The molecule has 2 amide bonds. The van der Waals surface area contributed by atoms with Crippen molar-refractivity contribution in [1.29, 1.82) is 0 Å². The largest absolute Gasteiger partial charge is 0.422 e. The van der Waals surface area contributed by atoms with Crippen molar-refractivity contribution in [2.45, 2.75) is 6.92 Å². The van der Waals surface area contributed by atoms with E-state index in [9.17, 15) is 14.4 Å². The highest BCUT2D eigenvalue weighted by Crippen LogP contribution is 2.23. The lowest BCUT2D eigenvalue weighted by Gasteiger charge is -2.09. The Balaban J connectivity index is 1.60. The number of carbonyl (C=O) groups is 3. The van der Waals surface area contributed by atoms with E-state index in [1.165, 1.54) is 12.3 Å². The number of nitrogens with one attached hydrogen (secondary N) is 2. The first-order chi connectivity index (χ1) is 15.8.